The Balaban J connectivity index is 1.66. The highest BCUT2D eigenvalue weighted by atomic mass is 16.4. The summed E-state index contributed by atoms with van der Waals surface area (Å²) in [6.07, 6.45) is 0.954. The monoisotopic (exact) mass is 561 g/mol. The van der Waals surface area contributed by atoms with Crippen LogP contribution in [-0.2, 0) is 27.2 Å². The summed E-state index contributed by atoms with van der Waals surface area (Å²) >= 11 is 0. The Hall–Kier alpha value is -4.86. The topological polar surface area (TPSA) is 165 Å². The van der Waals surface area contributed by atoms with Crippen molar-refractivity contribution in [1.82, 2.24) is 5.32 Å². The molecule has 0 saturated heterocycles. The van der Waals surface area contributed by atoms with Crippen molar-refractivity contribution in [2.75, 3.05) is 10.6 Å². The van der Waals surface area contributed by atoms with E-state index in [1.807, 2.05) is 13.8 Å². The summed E-state index contributed by atoms with van der Waals surface area (Å²) in [5.74, 6) is -2.81. The summed E-state index contributed by atoms with van der Waals surface area (Å²) in [6, 6.07) is 18.3. The summed E-state index contributed by atoms with van der Waals surface area (Å²) in [5, 5.41) is 36.1. The molecule has 0 bridgehead atoms. The highest BCUT2D eigenvalue weighted by Gasteiger charge is 2.27. The van der Waals surface area contributed by atoms with Crippen LogP contribution in [0, 0.1) is 5.92 Å². The minimum Gasteiger partial charge on any atom is -0.508 e. The molecule has 0 saturated carbocycles. The fourth-order valence-corrected chi connectivity index (χ4v) is 4.30. The van der Waals surface area contributed by atoms with Gasteiger partial charge in [0.05, 0.1) is 5.92 Å². The molecule has 3 aromatic rings. The number of benzene rings is 3. The molecule has 216 valence electrons. The van der Waals surface area contributed by atoms with Crippen LogP contribution in [-0.4, -0.2) is 45.2 Å². The Labute approximate surface area is 238 Å². The number of hydrogen-bond donors (Lipinski definition) is 6. The summed E-state index contributed by atoms with van der Waals surface area (Å²) in [7, 11) is 0. The van der Waals surface area contributed by atoms with Crippen LogP contribution in [0.15, 0.2) is 72.8 Å². The third-order valence-corrected chi connectivity index (χ3v) is 6.42. The van der Waals surface area contributed by atoms with E-state index in [4.69, 9.17) is 5.11 Å². The molecule has 10 heteroatoms. The minimum absolute atomic E-state index is 0.00837. The number of carbonyl (C=O) groups is 4. The maximum Gasteiger partial charge on any atom is 0.326 e. The molecule has 2 unspecified atom stereocenters. The molecular weight excluding hydrogens is 526 g/mol. The average molecular weight is 562 g/mol. The lowest BCUT2D eigenvalue weighted by Gasteiger charge is -2.22. The van der Waals surface area contributed by atoms with Gasteiger partial charge < -0.3 is 31.3 Å². The number of phenolic OH excluding ortho intramolecular Hbond substituents is 1. The van der Waals surface area contributed by atoms with Crippen LogP contribution >= 0.6 is 0 Å². The van der Waals surface area contributed by atoms with E-state index < -0.39 is 35.8 Å². The SMILES string of the molecule is CC(C)CC(C(=O)NC(Cc1ccc(CCC(=O)O)cc1)C(=O)O)c1ccc(NC(=O)Nc2ccc(O)cc2)cc1. The number of aliphatic carboxylic acids is 2. The maximum absolute atomic E-state index is 13.3. The molecule has 41 heavy (non-hydrogen) atoms. The average Bonchev–Trinajstić information content (AvgIpc) is 2.92. The second kappa shape index (κ2) is 14.5. The molecule has 2 atom stereocenters. The summed E-state index contributed by atoms with van der Waals surface area (Å²) in [5.41, 5.74) is 3.24. The Morgan fingerprint density at radius 1 is 0.756 bits per heavy atom. The zero-order valence-electron chi connectivity index (χ0n) is 23.0. The molecule has 0 radical (unpaired) electrons. The number of carboxylic acids is 2. The second-order valence-electron chi connectivity index (χ2n) is 10.2. The lowest BCUT2D eigenvalue weighted by molar-refractivity contribution is -0.142. The van der Waals surface area contributed by atoms with Gasteiger partial charge in [0.2, 0.25) is 5.91 Å². The van der Waals surface area contributed by atoms with Crippen molar-refractivity contribution >= 4 is 35.3 Å². The number of aromatic hydroxyl groups is 1. The smallest absolute Gasteiger partial charge is 0.326 e. The molecule has 6 N–H and O–H groups in total. The highest BCUT2D eigenvalue weighted by molar-refractivity contribution is 5.99. The largest absolute Gasteiger partial charge is 0.508 e. The molecule has 0 aromatic heterocycles. The molecule has 0 aliphatic carbocycles. The van der Waals surface area contributed by atoms with Crippen molar-refractivity contribution < 1.29 is 34.5 Å². The number of hydrogen-bond acceptors (Lipinski definition) is 5. The van der Waals surface area contributed by atoms with Crippen LogP contribution in [0.25, 0.3) is 0 Å². The summed E-state index contributed by atoms with van der Waals surface area (Å²) in [4.78, 5) is 48.5. The third kappa shape index (κ3) is 9.99. The highest BCUT2D eigenvalue weighted by Crippen LogP contribution is 2.26. The quantitative estimate of drug-likeness (QED) is 0.160. The molecule has 3 aromatic carbocycles. The fourth-order valence-electron chi connectivity index (χ4n) is 4.30. The van der Waals surface area contributed by atoms with Crippen LogP contribution in [0.2, 0.25) is 0 Å². The van der Waals surface area contributed by atoms with Gasteiger partial charge in [0.1, 0.15) is 11.8 Å². The Morgan fingerprint density at radius 2 is 1.29 bits per heavy atom. The number of phenols is 1. The molecule has 0 aliphatic heterocycles. The van der Waals surface area contributed by atoms with E-state index in [1.54, 1.807) is 60.7 Å². The van der Waals surface area contributed by atoms with Gasteiger partial charge in [-0.1, -0.05) is 50.2 Å². The number of amides is 3. The molecule has 0 aliphatic rings. The first-order chi connectivity index (χ1) is 19.5. The van der Waals surface area contributed by atoms with E-state index in [-0.39, 0.29) is 24.5 Å². The molecule has 0 heterocycles. The van der Waals surface area contributed by atoms with E-state index >= 15 is 0 Å². The van der Waals surface area contributed by atoms with Gasteiger partial charge in [-0.2, -0.15) is 0 Å². The number of aryl methyl sites for hydroxylation is 1. The standard InChI is InChI=1S/C31H35N3O7/c1-19(2)17-26(22-8-10-23(11-9-22)32-31(41)33-24-12-14-25(35)15-13-24)29(38)34-27(30(39)40)18-21-5-3-20(4-6-21)7-16-28(36)37/h3-6,8-15,19,26-27,35H,7,16-18H2,1-2H3,(H,34,38)(H,36,37)(H,39,40)(H2,32,33,41). The van der Waals surface area contributed by atoms with Gasteiger partial charge in [0.25, 0.3) is 0 Å². The Kier molecular flexibility index (Phi) is 10.9. The fraction of sp³-hybridized carbons (Fsp3) is 0.290. The minimum atomic E-state index is -1.16. The van der Waals surface area contributed by atoms with Crippen molar-refractivity contribution in [2.24, 2.45) is 5.92 Å². The van der Waals surface area contributed by atoms with Gasteiger partial charge in [-0.3, -0.25) is 9.59 Å². The number of nitrogens with one attached hydrogen (secondary N) is 3. The van der Waals surface area contributed by atoms with Gasteiger partial charge in [-0.25, -0.2) is 9.59 Å². The molecule has 3 rings (SSSR count). The van der Waals surface area contributed by atoms with Crippen LogP contribution in [0.5, 0.6) is 5.75 Å². The van der Waals surface area contributed by atoms with Crippen molar-refractivity contribution in [1.29, 1.82) is 0 Å². The third-order valence-electron chi connectivity index (χ3n) is 6.42. The van der Waals surface area contributed by atoms with Gasteiger partial charge in [0, 0.05) is 24.2 Å². The van der Waals surface area contributed by atoms with Crippen molar-refractivity contribution in [2.45, 2.75) is 51.5 Å². The number of urea groups is 1. The lowest BCUT2D eigenvalue weighted by Crippen LogP contribution is -2.44. The zero-order valence-corrected chi connectivity index (χ0v) is 23.0. The molecular formula is C31H35N3O7. The normalized spacial score (nSPS) is 12.3. The van der Waals surface area contributed by atoms with Crippen molar-refractivity contribution in [3.05, 3.63) is 89.5 Å². The zero-order chi connectivity index (χ0) is 29.9. The van der Waals surface area contributed by atoms with Crippen LogP contribution in [0.1, 0.15) is 49.3 Å². The predicted octanol–water partition coefficient (Wildman–Crippen LogP) is 5.00. The van der Waals surface area contributed by atoms with E-state index in [9.17, 15) is 29.4 Å². The molecule has 3 amide bonds. The summed E-state index contributed by atoms with van der Waals surface area (Å²) in [6.45, 7) is 3.95. The van der Waals surface area contributed by atoms with Crippen LogP contribution in [0.3, 0.4) is 0 Å². The first-order valence-electron chi connectivity index (χ1n) is 13.3. The lowest BCUT2D eigenvalue weighted by atomic mass is 9.89. The summed E-state index contributed by atoms with van der Waals surface area (Å²) < 4.78 is 0. The van der Waals surface area contributed by atoms with Crippen LogP contribution < -0.4 is 16.0 Å². The maximum atomic E-state index is 13.3. The predicted molar refractivity (Wildman–Crippen MR) is 155 cm³/mol. The van der Waals surface area contributed by atoms with Gasteiger partial charge in [-0.05, 0) is 71.8 Å². The molecule has 0 fully saturated rings. The van der Waals surface area contributed by atoms with Gasteiger partial charge >= 0.3 is 18.0 Å². The number of rotatable bonds is 13. The van der Waals surface area contributed by atoms with Crippen LogP contribution in [0.4, 0.5) is 16.2 Å². The number of carbonyl (C=O) groups excluding carboxylic acids is 2. The Morgan fingerprint density at radius 3 is 1.80 bits per heavy atom. The Bertz CT molecular complexity index is 1340. The first-order valence-corrected chi connectivity index (χ1v) is 13.3. The molecule has 0 spiro atoms. The van der Waals surface area contributed by atoms with Gasteiger partial charge in [-0.15, -0.1) is 0 Å². The van der Waals surface area contributed by atoms with E-state index in [0.29, 0.717) is 35.3 Å². The van der Waals surface area contributed by atoms with Crippen molar-refractivity contribution in [3.8, 4) is 5.75 Å². The second-order valence-corrected chi connectivity index (χ2v) is 10.2. The first kappa shape index (κ1) is 30.7. The molecule has 10 nitrogen and oxygen atoms in total. The van der Waals surface area contributed by atoms with E-state index in [2.05, 4.69) is 16.0 Å². The van der Waals surface area contributed by atoms with Gasteiger partial charge in [0.15, 0.2) is 0 Å². The number of carboxylic acid groups (broad SMARTS) is 2. The van der Waals surface area contributed by atoms with E-state index in [1.165, 1.54) is 12.1 Å². The number of anilines is 2. The van der Waals surface area contributed by atoms with E-state index in [0.717, 1.165) is 5.56 Å². The van der Waals surface area contributed by atoms with Crippen molar-refractivity contribution in [3.63, 3.8) is 0 Å².